The molecule has 0 heterocycles. The summed E-state index contributed by atoms with van der Waals surface area (Å²) in [4.78, 5) is 0. The summed E-state index contributed by atoms with van der Waals surface area (Å²) in [7, 11) is 0. The van der Waals surface area contributed by atoms with Crippen LogP contribution in [0.25, 0.3) is 66.1 Å². The number of hydrogen-bond donors (Lipinski definition) is 0. The third-order valence-corrected chi connectivity index (χ3v) is 7.52. The van der Waals surface area contributed by atoms with Gasteiger partial charge >= 0.3 is 0 Å². The Morgan fingerprint density at radius 2 is 0.579 bits per heavy atom. The van der Waals surface area contributed by atoms with E-state index in [1.807, 2.05) is 0 Å². The molecule has 38 heavy (non-hydrogen) atoms. The summed E-state index contributed by atoms with van der Waals surface area (Å²) in [6.07, 6.45) is 0. The average Bonchev–Trinajstić information content (AvgIpc) is 3.01. The van der Waals surface area contributed by atoms with Crippen LogP contribution in [0, 0.1) is 0 Å². The van der Waals surface area contributed by atoms with Crippen LogP contribution in [0.1, 0.15) is 0 Å². The first-order chi connectivity index (χ1) is 18.8. The lowest BCUT2D eigenvalue weighted by atomic mass is 9.91. The average molecular weight is 483 g/mol. The number of rotatable bonds is 4. The topological polar surface area (TPSA) is 0 Å². The maximum Gasteiger partial charge on any atom is -0.00992 e. The van der Waals surface area contributed by atoms with Crippen LogP contribution in [-0.2, 0) is 0 Å². The molecule has 0 bridgehead atoms. The highest BCUT2D eigenvalue weighted by Crippen LogP contribution is 2.37. The zero-order valence-electron chi connectivity index (χ0n) is 21.0. The van der Waals surface area contributed by atoms with Crippen LogP contribution in [0.4, 0.5) is 0 Å². The van der Waals surface area contributed by atoms with Crippen molar-refractivity contribution >= 4 is 21.5 Å². The summed E-state index contributed by atoms with van der Waals surface area (Å²) in [6, 6.07) is 56.9. The van der Waals surface area contributed by atoms with E-state index in [4.69, 9.17) is 0 Å². The van der Waals surface area contributed by atoms with E-state index in [0.717, 1.165) is 0 Å². The summed E-state index contributed by atoms with van der Waals surface area (Å²) in [5, 5.41) is 5.11. The van der Waals surface area contributed by atoms with E-state index < -0.39 is 0 Å². The highest BCUT2D eigenvalue weighted by molar-refractivity contribution is 6.05. The fourth-order valence-corrected chi connectivity index (χ4v) is 5.59. The highest BCUT2D eigenvalue weighted by atomic mass is 14.1. The van der Waals surface area contributed by atoms with E-state index in [2.05, 4.69) is 158 Å². The second-order valence-electron chi connectivity index (χ2n) is 9.75. The molecule has 0 spiro atoms. The van der Waals surface area contributed by atoms with Crippen LogP contribution in [0.5, 0.6) is 0 Å². The minimum absolute atomic E-state index is 1.23. The fraction of sp³-hybridized carbons (Fsp3) is 0. The molecule has 0 radical (unpaired) electrons. The predicted octanol–water partition coefficient (Wildman–Crippen LogP) is 10.7. The van der Waals surface area contributed by atoms with Crippen molar-refractivity contribution < 1.29 is 0 Å². The maximum absolute atomic E-state index is 2.26. The van der Waals surface area contributed by atoms with Gasteiger partial charge in [-0.3, -0.25) is 0 Å². The normalized spacial score (nSPS) is 11.2. The standard InChI is InChI=1S/C38H26/c1-2-9-27(10-3-1)28-19-21-31(22-20-28)35-15-7-18-38-36(16-8-17-37(35)38)32-25-23-30(24-26-32)34-14-6-12-29-11-4-5-13-33(29)34/h1-26H. The van der Waals surface area contributed by atoms with Gasteiger partial charge in [0.15, 0.2) is 0 Å². The fourth-order valence-electron chi connectivity index (χ4n) is 5.59. The molecule has 7 rings (SSSR count). The van der Waals surface area contributed by atoms with Gasteiger partial charge in [0.1, 0.15) is 0 Å². The van der Waals surface area contributed by atoms with Gasteiger partial charge in [-0.15, -0.1) is 0 Å². The predicted molar refractivity (Wildman–Crippen MR) is 163 cm³/mol. The van der Waals surface area contributed by atoms with Gasteiger partial charge in [0.25, 0.3) is 0 Å². The van der Waals surface area contributed by atoms with E-state index in [0.29, 0.717) is 0 Å². The molecular weight excluding hydrogens is 456 g/mol. The summed E-state index contributed by atoms with van der Waals surface area (Å²) in [6.45, 7) is 0. The molecule has 0 nitrogen and oxygen atoms in total. The second-order valence-corrected chi connectivity index (χ2v) is 9.75. The monoisotopic (exact) mass is 482 g/mol. The summed E-state index contributed by atoms with van der Waals surface area (Å²) < 4.78 is 0. The molecule has 0 saturated heterocycles. The van der Waals surface area contributed by atoms with Gasteiger partial charge in [0.05, 0.1) is 0 Å². The SMILES string of the molecule is c1ccc(-c2ccc(-c3cccc4c(-c5ccc(-c6cccc7ccccc67)cc5)cccc34)cc2)cc1. The molecule has 0 unspecified atom stereocenters. The van der Waals surface area contributed by atoms with Crippen LogP contribution in [0.3, 0.4) is 0 Å². The van der Waals surface area contributed by atoms with Crippen LogP contribution < -0.4 is 0 Å². The molecule has 178 valence electrons. The third kappa shape index (κ3) is 3.97. The van der Waals surface area contributed by atoms with Gasteiger partial charge in [-0.2, -0.15) is 0 Å². The molecule has 0 aliphatic carbocycles. The molecule has 7 aromatic carbocycles. The molecule has 0 heteroatoms. The van der Waals surface area contributed by atoms with Crippen molar-refractivity contribution in [2.75, 3.05) is 0 Å². The number of fused-ring (bicyclic) bond motifs is 2. The lowest BCUT2D eigenvalue weighted by molar-refractivity contribution is 1.60. The van der Waals surface area contributed by atoms with Crippen molar-refractivity contribution in [3.8, 4) is 44.5 Å². The van der Waals surface area contributed by atoms with E-state index in [1.54, 1.807) is 0 Å². The first-order valence-corrected chi connectivity index (χ1v) is 13.1. The molecule has 0 amide bonds. The minimum Gasteiger partial charge on any atom is -0.0622 e. The lowest BCUT2D eigenvalue weighted by Crippen LogP contribution is -1.86. The van der Waals surface area contributed by atoms with Crippen molar-refractivity contribution in [3.05, 3.63) is 158 Å². The van der Waals surface area contributed by atoms with E-state index in [1.165, 1.54) is 66.1 Å². The summed E-state index contributed by atoms with van der Waals surface area (Å²) >= 11 is 0. The first-order valence-electron chi connectivity index (χ1n) is 13.1. The Morgan fingerprint density at radius 1 is 0.211 bits per heavy atom. The first kappa shape index (κ1) is 22.3. The van der Waals surface area contributed by atoms with Crippen molar-refractivity contribution in [1.82, 2.24) is 0 Å². The van der Waals surface area contributed by atoms with Crippen molar-refractivity contribution in [1.29, 1.82) is 0 Å². The van der Waals surface area contributed by atoms with Gasteiger partial charge < -0.3 is 0 Å². The third-order valence-electron chi connectivity index (χ3n) is 7.52. The highest BCUT2D eigenvalue weighted by Gasteiger charge is 2.10. The molecule has 0 saturated carbocycles. The molecule has 0 atom stereocenters. The van der Waals surface area contributed by atoms with Crippen molar-refractivity contribution in [2.45, 2.75) is 0 Å². The van der Waals surface area contributed by atoms with Crippen LogP contribution >= 0.6 is 0 Å². The van der Waals surface area contributed by atoms with Gasteiger partial charge in [0, 0.05) is 0 Å². The molecule has 7 aromatic rings. The summed E-state index contributed by atoms with van der Waals surface area (Å²) in [5.41, 5.74) is 9.98. The molecule has 0 aliphatic heterocycles. The second kappa shape index (κ2) is 9.50. The van der Waals surface area contributed by atoms with Crippen molar-refractivity contribution in [3.63, 3.8) is 0 Å². The van der Waals surface area contributed by atoms with Crippen LogP contribution in [0.2, 0.25) is 0 Å². The Hall–Kier alpha value is -4.94. The lowest BCUT2D eigenvalue weighted by Gasteiger charge is -2.13. The molecule has 0 aromatic heterocycles. The quantitative estimate of drug-likeness (QED) is 0.234. The smallest absolute Gasteiger partial charge is 0.00992 e. The van der Waals surface area contributed by atoms with Gasteiger partial charge in [0.2, 0.25) is 0 Å². The van der Waals surface area contributed by atoms with E-state index in [-0.39, 0.29) is 0 Å². The molecule has 0 N–H and O–H groups in total. The van der Waals surface area contributed by atoms with Gasteiger partial charge in [-0.1, -0.05) is 158 Å². The minimum atomic E-state index is 1.23. The van der Waals surface area contributed by atoms with Gasteiger partial charge in [-0.05, 0) is 66.1 Å². The zero-order valence-corrected chi connectivity index (χ0v) is 21.0. The summed E-state index contributed by atoms with van der Waals surface area (Å²) in [5.74, 6) is 0. The van der Waals surface area contributed by atoms with E-state index in [9.17, 15) is 0 Å². The largest absolute Gasteiger partial charge is 0.0622 e. The van der Waals surface area contributed by atoms with E-state index >= 15 is 0 Å². The number of benzene rings is 7. The Kier molecular flexibility index (Phi) is 5.57. The van der Waals surface area contributed by atoms with Crippen molar-refractivity contribution in [2.24, 2.45) is 0 Å². The Labute approximate surface area is 223 Å². The molecule has 0 fully saturated rings. The van der Waals surface area contributed by atoms with Crippen LogP contribution in [-0.4, -0.2) is 0 Å². The molecule has 0 aliphatic rings. The zero-order chi connectivity index (χ0) is 25.3. The Bertz CT molecular complexity index is 1870. The molecular formula is C38H26. The Balaban J connectivity index is 1.27. The maximum atomic E-state index is 2.26. The van der Waals surface area contributed by atoms with Crippen LogP contribution in [0.15, 0.2) is 158 Å². The number of hydrogen-bond acceptors (Lipinski definition) is 0. The Morgan fingerprint density at radius 3 is 1.16 bits per heavy atom. The van der Waals surface area contributed by atoms with Gasteiger partial charge in [-0.25, -0.2) is 0 Å².